The minimum Gasteiger partial charge on any atom is -0.503 e. The summed E-state index contributed by atoms with van der Waals surface area (Å²) in [5, 5.41) is 62.1. The molecule has 0 saturated carbocycles. The van der Waals surface area contributed by atoms with Crippen LogP contribution in [0.4, 0.5) is 0 Å². The van der Waals surface area contributed by atoms with E-state index in [1.54, 1.807) is 0 Å². The van der Waals surface area contributed by atoms with E-state index in [4.69, 9.17) is 221 Å². The number of phenolic OH excluding ortho intramolecular Hbond substituents is 7. The SMILES string of the molecule is COc1c(O)c(Cl)c(Cl)c(Cl)c1Cl.Oc1c(O)c(Cl)c(Cl)c(Cl)c1Cl.Oc1c(O)c(Cl)c(Cl)c(Cl)c1Cl.Oc1c(O)c(Cl)c(Cl)c(Cl)c1Cl.[Nb]. The van der Waals surface area contributed by atoms with Crippen LogP contribution in [-0.2, 0) is 22.4 Å². The van der Waals surface area contributed by atoms with Crippen LogP contribution in [0.3, 0.4) is 0 Å². The van der Waals surface area contributed by atoms with Gasteiger partial charge < -0.3 is 40.5 Å². The standard InChI is InChI=1S/C7H4Cl4O2.3C6H2Cl4O2.Nb/c1-13-7-5(11)3(9)2(8)4(10)6(7)12;3*7-1-2(8)4(10)6(12)5(11)3(1)9;/h12H,1H3;3*11-12H;. The Morgan fingerprint density at radius 3 is 0.560 bits per heavy atom. The van der Waals surface area contributed by atoms with Gasteiger partial charge in [0, 0.05) is 22.4 Å². The number of benzene rings is 4. The molecule has 4 aromatic carbocycles. The fourth-order valence-electron chi connectivity index (χ4n) is 2.61. The van der Waals surface area contributed by atoms with Crippen molar-refractivity contribution in [3.8, 4) is 46.0 Å². The average Bonchev–Trinajstić information content (AvgIpc) is 3.09. The molecule has 0 saturated heterocycles. The molecule has 0 aromatic heterocycles. The number of hydrogen-bond acceptors (Lipinski definition) is 8. The number of rotatable bonds is 1. The van der Waals surface area contributed by atoms with Crippen molar-refractivity contribution in [2.75, 3.05) is 7.11 Å². The molecule has 0 spiro atoms. The minimum atomic E-state index is -0.573. The van der Waals surface area contributed by atoms with Crippen molar-refractivity contribution in [3.05, 3.63) is 80.4 Å². The largest absolute Gasteiger partial charge is 0.503 e. The minimum absolute atomic E-state index is 0. The molecule has 0 atom stereocenters. The number of phenols is 7. The third-order valence-corrected chi connectivity index (χ3v) is 12.2. The topological polar surface area (TPSA) is 151 Å². The van der Waals surface area contributed by atoms with Crippen LogP contribution in [0.1, 0.15) is 0 Å². The third-order valence-electron chi connectivity index (χ3n) is 5.06. The van der Waals surface area contributed by atoms with Crippen molar-refractivity contribution in [2.45, 2.75) is 0 Å². The van der Waals surface area contributed by atoms with Crippen LogP contribution in [0.15, 0.2) is 0 Å². The maximum absolute atomic E-state index is 9.40. The zero-order valence-electron chi connectivity index (χ0n) is 23.0. The van der Waals surface area contributed by atoms with E-state index in [0.717, 1.165) is 0 Å². The molecule has 0 unspecified atom stereocenters. The molecule has 25 heteroatoms. The monoisotopic (exact) mass is 1090 g/mol. The van der Waals surface area contributed by atoms with Gasteiger partial charge in [0.15, 0.2) is 46.0 Å². The summed E-state index contributed by atoms with van der Waals surface area (Å²) in [6.07, 6.45) is 0. The van der Waals surface area contributed by atoms with E-state index in [1.807, 2.05) is 0 Å². The molecule has 8 nitrogen and oxygen atoms in total. The van der Waals surface area contributed by atoms with Crippen molar-refractivity contribution in [2.24, 2.45) is 0 Å². The van der Waals surface area contributed by atoms with Crippen LogP contribution in [0.2, 0.25) is 80.4 Å². The van der Waals surface area contributed by atoms with Gasteiger partial charge in [-0.3, -0.25) is 0 Å². The molecule has 7 N–H and O–H groups in total. The summed E-state index contributed by atoms with van der Waals surface area (Å²) < 4.78 is 4.78. The number of hydrogen-bond donors (Lipinski definition) is 7. The Morgan fingerprint density at radius 2 is 0.400 bits per heavy atom. The van der Waals surface area contributed by atoms with Gasteiger partial charge >= 0.3 is 0 Å². The summed E-state index contributed by atoms with van der Waals surface area (Å²) >= 11 is 88.8. The zero-order valence-corrected chi connectivity index (χ0v) is 37.3. The van der Waals surface area contributed by atoms with Crippen molar-refractivity contribution in [1.29, 1.82) is 0 Å². The Hall–Kier alpha value is 0.660. The number of halogens is 16. The Balaban J connectivity index is 0.000000636. The van der Waals surface area contributed by atoms with E-state index in [2.05, 4.69) is 0 Å². The summed E-state index contributed by atoms with van der Waals surface area (Å²) in [7, 11) is 1.33. The Kier molecular flexibility index (Phi) is 22.0. The van der Waals surface area contributed by atoms with E-state index in [-0.39, 0.29) is 114 Å². The van der Waals surface area contributed by atoms with Crippen LogP contribution in [0, 0.1) is 0 Å². The van der Waals surface area contributed by atoms with E-state index < -0.39 is 34.5 Å². The van der Waals surface area contributed by atoms with E-state index in [0.29, 0.717) is 0 Å². The van der Waals surface area contributed by atoms with Gasteiger partial charge in [0.2, 0.25) is 0 Å². The summed E-state index contributed by atoms with van der Waals surface area (Å²) in [5.41, 5.74) is 0. The molecule has 0 aliphatic rings. The molecule has 0 fully saturated rings. The van der Waals surface area contributed by atoms with Gasteiger partial charge in [0.05, 0.1) is 47.3 Å². The van der Waals surface area contributed by atoms with Crippen molar-refractivity contribution < 1.29 is 62.9 Å². The molecule has 0 aliphatic heterocycles. The summed E-state index contributed by atoms with van der Waals surface area (Å²) in [4.78, 5) is 0. The van der Waals surface area contributed by atoms with Crippen molar-refractivity contribution >= 4 is 186 Å². The molecule has 4 rings (SSSR count). The van der Waals surface area contributed by atoms with Gasteiger partial charge in [-0.15, -0.1) is 0 Å². The Labute approximate surface area is 377 Å². The van der Waals surface area contributed by atoms with E-state index >= 15 is 0 Å². The van der Waals surface area contributed by atoms with Crippen LogP contribution in [0.5, 0.6) is 46.0 Å². The zero-order chi connectivity index (χ0) is 38.6. The van der Waals surface area contributed by atoms with Crippen molar-refractivity contribution in [1.82, 2.24) is 0 Å². The second-order valence-electron chi connectivity index (χ2n) is 8.00. The normalized spacial score (nSPS) is 10.1. The summed E-state index contributed by atoms with van der Waals surface area (Å²) in [6, 6.07) is 0. The molecule has 50 heavy (non-hydrogen) atoms. The molecule has 275 valence electrons. The fourth-order valence-corrected chi connectivity index (χ4v) is 6.01. The van der Waals surface area contributed by atoms with Crippen LogP contribution in [-0.4, -0.2) is 42.9 Å². The summed E-state index contributed by atoms with van der Waals surface area (Å²) in [5.74, 6) is -3.74. The second-order valence-corrected chi connectivity index (χ2v) is 14.0. The second kappa shape index (κ2) is 21.7. The Bertz CT molecular complexity index is 1410. The van der Waals surface area contributed by atoms with Crippen LogP contribution >= 0.6 is 186 Å². The summed E-state index contributed by atoms with van der Waals surface area (Å²) in [6.45, 7) is 0. The molecule has 0 aliphatic carbocycles. The first-order valence-electron chi connectivity index (χ1n) is 11.2. The molecule has 0 heterocycles. The molecule has 0 bridgehead atoms. The van der Waals surface area contributed by atoms with Gasteiger partial charge in [-0.1, -0.05) is 186 Å². The molecular formula is C25H10Cl16NbO8. The molecular weight excluding hydrogens is 1090 g/mol. The quantitative estimate of drug-likeness (QED) is 0.0431. The van der Waals surface area contributed by atoms with Crippen LogP contribution < -0.4 is 4.74 Å². The maximum Gasteiger partial charge on any atom is 0.182 e. The smallest absolute Gasteiger partial charge is 0.182 e. The van der Waals surface area contributed by atoms with E-state index in [1.165, 1.54) is 7.11 Å². The Morgan fingerprint density at radius 1 is 0.260 bits per heavy atom. The van der Waals surface area contributed by atoms with Gasteiger partial charge in [-0.25, -0.2) is 0 Å². The van der Waals surface area contributed by atoms with Crippen molar-refractivity contribution in [3.63, 3.8) is 0 Å². The van der Waals surface area contributed by atoms with Gasteiger partial charge in [0.25, 0.3) is 0 Å². The van der Waals surface area contributed by atoms with Gasteiger partial charge in [-0.05, 0) is 0 Å². The first kappa shape index (κ1) is 50.7. The average molecular weight is 1100 g/mol. The molecule has 4 aromatic rings. The number of ether oxygens (including phenoxy) is 1. The first-order valence-corrected chi connectivity index (χ1v) is 17.2. The predicted octanol–water partition coefficient (Wildman–Crippen LogP) is 15.1. The fraction of sp³-hybridized carbons (Fsp3) is 0.0400. The van der Waals surface area contributed by atoms with Gasteiger partial charge in [-0.2, -0.15) is 0 Å². The van der Waals surface area contributed by atoms with Gasteiger partial charge in [0.1, 0.15) is 40.2 Å². The van der Waals surface area contributed by atoms with Crippen LogP contribution in [0.25, 0.3) is 0 Å². The first-order chi connectivity index (χ1) is 22.4. The number of aromatic hydroxyl groups is 7. The third kappa shape index (κ3) is 11.4. The molecule has 1 radical (unpaired) electrons. The predicted molar refractivity (Wildman–Crippen MR) is 204 cm³/mol. The maximum atomic E-state index is 9.40. The number of methoxy groups -OCH3 is 1. The molecule has 0 amide bonds. The van der Waals surface area contributed by atoms with E-state index in [9.17, 15) is 5.11 Å².